The van der Waals surface area contributed by atoms with Crippen LogP contribution in [0.15, 0.2) is 24.3 Å². The van der Waals surface area contributed by atoms with Gasteiger partial charge in [0.05, 0.1) is 12.7 Å². The molecule has 0 spiro atoms. The summed E-state index contributed by atoms with van der Waals surface area (Å²) in [4.78, 5) is 11.6. The molecule has 0 atom stereocenters. The van der Waals surface area contributed by atoms with Crippen molar-refractivity contribution in [3.63, 3.8) is 0 Å². The molecule has 3 heteroatoms. The van der Waals surface area contributed by atoms with Crippen LogP contribution in [0.5, 0.6) is 5.75 Å². The van der Waals surface area contributed by atoms with Crippen LogP contribution in [0, 0.1) is 12.3 Å². The van der Waals surface area contributed by atoms with Crippen LogP contribution in [-0.2, 0) is 0 Å². The molecule has 0 saturated carbocycles. The molecule has 0 fully saturated rings. The Morgan fingerprint density at radius 3 is 2.93 bits per heavy atom. The summed E-state index contributed by atoms with van der Waals surface area (Å²) in [6, 6.07) is 7.07. The van der Waals surface area contributed by atoms with Crippen molar-refractivity contribution in [1.82, 2.24) is 5.32 Å². The van der Waals surface area contributed by atoms with Crippen molar-refractivity contribution in [3.05, 3.63) is 29.8 Å². The predicted molar refractivity (Wildman–Crippen MR) is 58.8 cm³/mol. The number of ether oxygens (including phenoxy) is 1. The molecule has 1 aromatic carbocycles. The highest BCUT2D eigenvalue weighted by atomic mass is 16.5. The molecule has 15 heavy (non-hydrogen) atoms. The molecule has 0 aromatic heterocycles. The van der Waals surface area contributed by atoms with Gasteiger partial charge in [-0.3, -0.25) is 4.79 Å². The van der Waals surface area contributed by atoms with Crippen LogP contribution in [0.1, 0.15) is 16.8 Å². The van der Waals surface area contributed by atoms with E-state index in [4.69, 9.17) is 11.2 Å². The van der Waals surface area contributed by atoms with Crippen molar-refractivity contribution in [3.8, 4) is 18.1 Å². The normalized spacial score (nSPS) is 9.07. The lowest BCUT2D eigenvalue weighted by molar-refractivity contribution is 0.0951. The summed E-state index contributed by atoms with van der Waals surface area (Å²) in [6.45, 7) is 0.480. The van der Waals surface area contributed by atoms with Gasteiger partial charge in [0.25, 0.3) is 5.91 Å². The fourth-order valence-corrected chi connectivity index (χ4v) is 1.18. The second-order valence-electron chi connectivity index (χ2n) is 2.91. The van der Waals surface area contributed by atoms with Gasteiger partial charge >= 0.3 is 0 Å². The maximum Gasteiger partial charge on any atom is 0.255 e. The van der Waals surface area contributed by atoms with Crippen LogP contribution >= 0.6 is 0 Å². The third-order valence-corrected chi connectivity index (χ3v) is 1.91. The minimum absolute atomic E-state index is 0.164. The first kappa shape index (κ1) is 11.1. The van der Waals surface area contributed by atoms with Crippen LogP contribution < -0.4 is 10.1 Å². The number of methoxy groups -OCH3 is 1. The van der Waals surface area contributed by atoms with E-state index in [1.54, 1.807) is 18.2 Å². The van der Waals surface area contributed by atoms with E-state index in [1.807, 2.05) is 6.07 Å². The molecule has 0 aliphatic carbocycles. The lowest BCUT2D eigenvalue weighted by atomic mass is 10.2. The monoisotopic (exact) mass is 203 g/mol. The van der Waals surface area contributed by atoms with Crippen molar-refractivity contribution in [1.29, 1.82) is 0 Å². The molecular formula is C12H13NO2. The average Bonchev–Trinajstić information content (AvgIpc) is 2.29. The number of carbonyl (C=O) groups is 1. The van der Waals surface area contributed by atoms with Gasteiger partial charge in [0, 0.05) is 13.0 Å². The first-order chi connectivity index (χ1) is 7.29. The summed E-state index contributed by atoms with van der Waals surface area (Å²) in [6.07, 6.45) is 5.61. The molecule has 3 nitrogen and oxygen atoms in total. The number of hydrogen-bond donors (Lipinski definition) is 1. The molecular weight excluding hydrogens is 190 g/mol. The van der Waals surface area contributed by atoms with Crippen molar-refractivity contribution < 1.29 is 9.53 Å². The molecule has 1 amide bonds. The Morgan fingerprint density at radius 1 is 1.53 bits per heavy atom. The molecule has 0 radical (unpaired) electrons. The Morgan fingerprint density at radius 2 is 2.27 bits per heavy atom. The topological polar surface area (TPSA) is 38.3 Å². The zero-order valence-electron chi connectivity index (χ0n) is 8.62. The second kappa shape index (κ2) is 5.71. The summed E-state index contributed by atoms with van der Waals surface area (Å²) < 4.78 is 5.07. The van der Waals surface area contributed by atoms with Gasteiger partial charge in [0.15, 0.2) is 0 Å². The predicted octanol–water partition coefficient (Wildman–Crippen LogP) is 1.45. The average molecular weight is 203 g/mol. The number of terminal acetylenes is 1. The first-order valence-electron chi connectivity index (χ1n) is 4.64. The van der Waals surface area contributed by atoms with E-state index in [0.717, 1.165) is 0 Å². The molecule has 78 valence electrons. The molecule has 0 aliphatic heterocycles. The minimum Gasteiger partial charge on any atom is -0.496 e. The Kier molecular flexibility index (Phi) is 4.24. The minimum atomic E-state index is -0.164. The Labute approximate surface area is 89.4 Å². The van der Waals surface area contributed by atoms with Crippen molar-refractivity contribution in [2.75, 3.05) is 13.7 Å². The molecule has 1 N–H and O–H groups in total. The summed E-state index contributed by atoms with van der Waals surface area (Å²) in [5.41, 5.74) is 0.525. The van der Waals surface area contributed by atoms with Crippen molar-refractivity contribution in [2.24, 2.45) is 0 Å². The van der Waals surface area contributed by atoms with E-state index in [1.165, 1.54) is 7.11 Å². The van der Waals surface area contributed by atoms with Gasteiger partial charge in [0.2, 0.25) is 0 Å². The third kappa shape index (κ3) is 3.03. The van der Waals surface area contributed by atoms with E-state index in [-0.39, 0.29) is 5.91 Å². The number of para-hydroxylation sites is 1. The van der Waals surface area contributed by atoms with Crippen LogP contribution in [-0.4, -0.2) is 19.6 Å². The maximum atomic E-state index is 11.6. The quantitative estimate of drug-likeness (QED) is 0.594. The highest BCUT2D eigenvalue weighted by Crippen LogP contribution is 2.16. The lowest BCUT2D eigenvalue weighted by Gasteiger charge is -2.07. The van der Waals surface area contributed by atoms with Gasteiger partial charge in [-0.25, -0.2) is 0 Å². The molecule has 1 aromatic rings. The van der Waals surface area contributed by atoms with E-state index in [0.29, 0.717) is 24.3 Å². The highest BCUT2D eigenvalue weighted by molar-refractivity contribution is 5.96. The number of carbonyl (C=O) groups excluding carboxylic acids is 1. The number of rotatable bonds is 4. The van der Waals surface area contributed by atoms with Gasteiger partial charge in [-0.1, -0.05) is 12.1 Å². The molecule has 0 saturated heterocycles. The van der Waals surface area contributed by atoms with Crippen molar-refractivity contribution in [2.45, 2.75) is 6.42 Å². The van der Waals surface area contributed by atoms with E-state index < -0.39 is 0 Å². The fourth-order valence-electron chi connectivity index (χ4n) is 1.18. The van der Waals surface area contributed by atoms with Gasteiger partial charge in [-0.05, 0) is 12.1 Å². The molecule has 0 unspecified atom stereocenters. The number of nitrogens with one attached hydrogen (secondary N) is 1. The van der Waals surface area contributed by atoms with Crippen LogP contribution in [0.25, 0.3) is 0 Å². The summed E-state index contributed by atoms with van der Waals surface area (Å²) in [7, 11) is 1.54. The molecule has 0 heterocycles. The molecule has 0 bridgehead atoms. The van der Waals surface area contributed by atoms with Gasteiger partial charge in [-0.15, -0.1) is 12.3 Å². The number of benzene rings is 1. The molecule has 0 aliphatic rings. The Hall–Kier alpha value is -1.95. The van der Waals surface area contributed by atoms with Crippen LogP contribution in [0.2, 0.25) is 0 Å². The number of amides is 1. The van der Waals surface area contributed by atoms with E-state index in [2.05, 4.69) is 11.2 Å². The highest BCUT2D eigenvalue weighted by Gasteiger charge is 2.09. The maximum absolute atomic E-state index is 11.6. The summed E-state index contributed by atoms with van der Waals surface area (Å²) >= 11 is 0. The second-order valence-corrected chi connectivity index (χ2v) is 2.91. The lowest BCUT2D eigenvalue weighted by Crippen LogP contribution is -2.24. The smallest absolute Gasteiger partial charge is 0.255 e. The summed E-state index contributed by atoms with van der Waals surface area (Å²) in [5, 5.41) is 2.71. The Balaban J connectivity index is 2.69. The largest absolute Gasteiger partial charge is 0.496 e. The van der Waals surface area contributed by atoms with E-state index in [9.17, 15) is 4.79 Å². The van der Waals surface area contributed by atoms with Crippen molar-refractivity contribution >= 4 is 5.91 Å². The third-order valence-electron chi connectivity index (χ3n) is 1.91. The van der Waals surface area contributed by atoms with Crippen LogP contribution in [0.3, 0.4) is 0 Å². The zero-order chi connectivity index (χ0) is 11.1. The Bertz CT molecular complexity index is 379. The van der Waals surface area contributed by atoms with E-state index >= 15 is 0 Å². The number of hydrogen-bond acceptors (Lipinski definition) is 2. The SMILES string of the molecule is C#CCCNC(=O)c1ccccc1OC. The zero-order valence-corrected chi connectivity index (χ0v) is 8.62. The fraction of sp³-hybridized carbons (Fsp3) is 0.250. The standard InChI is InChI=1S/C12H13NO2/c1-3-4-9-13-12(14)10-7-5-6-8-11(10)15-2/h1,5-8H,4,9H2,2H3,(H,13,14). The molecule has 1 rings (SSSR count). The van der Waals surface area contributed by atoms with Crippen LogP contribution in [0.4, 0.5) is 0 Å². The summed E-state index contributed by atoms with van der Waals surface area (Å²) in [5.74, 6) is 2.86. The van der Waals surface area contributed by atoms with Gasteiger partial charge in [0.1, 0.15) is 5.75 Å². The van der Waals surface area contributed by atoms with Gasteiger partial charge < -0.3 is 10.1 Å². The van der Waals surface area contributed by atoms with Gasteiger partial charge in [-0.2, -0.15) is 0 Å². The first-order valence-corrected chi connectivity index (χ1v) is 4.64.